The third-order valence-electron chi connectivity index (χ3n) is 3.17. The lowest BCUT2D eigenvalue weighted by atomic mass is 9.98. The minimum absolute atomic E-state index is 0.680. The zero-order valence-electron chi connectivity index (χ0n) is 10.6. The van der Waals surface area contributed by atoms with E-state index >= 15 is 0 Å². The maximum absolute atomic E-state index is 10.5. The first-order valence-corrected chi connectivity index (χ1v) is 6.20. The fraction of sp³-hybridized carbons (Fsp3) is 0.125. The molecule has 1 aromatic carbocycles. The number of aliphatic hydroxyl groups excluding tert-OH is 1. The Kier molecular flexibility index (Phi) is 2.97. The maximum atomic E-state index is 10.5. The quantitative estimate of drug-likeness (QED) is 0.760. The lowest BCUT2D eigenvalue weighted by molar-refractivity contribution is 0.221. The van der Waals surface area contributed by atoms with Gasteiger partial charge >= 0.3 is 0 Å². The molecule has 3 heteroatoms. The zero-order valence-corrected chi connectivity index (χ0v) is 10.6. The number of aryl methyl sites for hydroxylation is 1. The first-order chi connectivity index (χ1) is 9.25. The van der Waals surface area contributed by atoms with Gasteiger partial charge in [-0.05, 0) is 30.7 Å². The highest BCUT2D eigenvalue weighted by Gasteiger charge is 2.14. The highest BCUT2D eigenvalue weighted by molar-refractivity contribution is 5.83. The van der Waals surface area contributed by atoms with E-state index in [1.807, 2.05) is 49.4 Å². The highest BCUT2D eigenvalue weighted by atomic mass is 16.3. The molecule has 3 rings (SSSR count). The molecule has 2 heterocycles. The molecule has 94 valence electrons. The molecule has 1 N–H and O–H groups in total. The van der Waals surface area contributed by atoms with Crippen LogP contribution in [-0.4, -0.2) is 15.1 Å². The predicted molar refractivity (Wildman–Crippen MR) is 74.8 cm³/mol. The molecule has 1 atom stereocenters. The van der Waals surface area contributed by atoms with E-state index in [0.29, 0.717) is 0 Å². The number of nitrogens with zero attached hydrogens (tertiary/aromatic N) is 2. The monoisotopic (exact) mass is 250 g/mol. The van der Waals surface area contributed by atoms with Crippen LogP contribution in [0.3, 0.4) is 0 Å². The van der Waals surface area contributed by atoms with Crippen LogP contribution in [0.5, 0.6) is 0 Å². The van der Waals surface area contributed by atoms with Crippen molar-refractivity contribution >= 4 is 10.9 Å². The molecule has 0 fully saturated rings. The number of hydrogen-bond donors (Lipinski definition) is 1. The lowest BCUT2D eigenvalue weighted by Gasteiger charge is -2.14. The van der Waals surface area contributed by atoms with Gasteiger partial charge in [0.1, 0.15) is 6.10 Å². The predicted octanol–water partition coefficient (Wildman–Crippen LogP) is 3.02. The van der Waals surface area contributed by atoms with Crippen LogP contribution in [0.25, 0.3) is 10.9 Å². The average Bonchev–Trinajstić information content (AvgIpc) is 2.46. The van der Waals surface area contributed by atoms with E-state index in [2.05, 4.69) is 9.97 Å². The largest absolute Gasteiger partial charge is 0.384 e. The third kappa shape index (κ3) is 2.20. The Morgan fingerprint density at radius 1 is 1.11 bits per heavy atom. The van der Waals surface area contributed by atoms with Crippen LogP contribution < -0.4 is 0 Å². The number of pyridine rings is 2. The van der Waals surface area contributed by atoms with Gasteiger partial charge in [-0.25, -0.2) is 0 Å². The lowest BCUT2D eigenvalue weighted by Crippen LogP contribution is -2.02. The SMILES string of the molecule is Cc1cc(C(O)c2cccnc2)c2ccccc2n1. The van der Waals surface area contributed by atoms with Crippen molar-refractivity contribution in [3.05, 3.63) is 71.7 Å². The Morgan fingerprint density at radius 3 is 2.74 bits per heavy atom. The zero-order chi connectivity index (χ0) is 13.2. The topological polar surface area (TPSA) is 46.0 Å². The van der Waals surface area contributed by atoms with Gasteiger partial charge in [0, 0.05) is 29.0 Å². The summed E-state index contributed by atoms with van der Waals surface area (Å²) in [5, 5.41) is 11.5. The minimum Gasteiger partial charge on any atom is -0.384 e. The normalized spacial score (nSPS) is 12.5. The summed E-state index contributed by atoms with van der Waals surface area (Å²) in [4.78, 5) is 8.54. The van der Waals surface area contributed by atoms with Gasteiger partial charge in [-0.15, -0.1) is 0 Å². The number of rotatable bonds is 2. The smallest absolute Gasteiger partial charge is 0.106 e. The van der Waals surface area contributed by atoms with E-state index < -0.39 is 6.10 Å². The van der Waals surface area contributed by atoms with Gasteiger partial charge in [0.25, 0.3) is 0 Å². The molecule has 0 amide bonds. The summed E-state index contributed by atoms with van der Waals surface area (Å²) in [6.07, 6.45) is 2.71. The van der Waals surface area contributed by atoms with Crippen LogP contribution in [0.15, 0.2) is 54.9 Å². The maximum Gasteiger partial charge on any atom is 0.106 e. The minimum atomic E-state index is -0.680. The average molecular weight is 250 g/mol. The summed E-state index contributed by atoms with van der Waals surface area (Å²) in [5.74, 6) is 0. The van der Waals surface area contributed by atoms with Crippen molar-refractivity contribution in [1.82, 2.24) is 9.97 Å². The molecule has 1 unspecified atom stereocenters. The van der Waals surface area contributed by atoms with E-state index in [4.69, 9.17) is 0 Å². The van der Waals surface area contributed by atoms with E-state index in [9.17, 15) is 5.11 Å². The summed E-state index contributed by atoms with van der Waals surface area (Å²) in [6, 6.07) is 13.5. The molecule has 3 aromatic rings. The Morgan fingerprint density at radius 2 is 1.95 bits per heavy atom. The van der Waals surface area contributed by atoms with Crippen molar-refractivity contribution < 1.29 is 5.11 Å². The van der Waals surface area contributed by atoms with Crippen molar-refractivity contribution in [2.75, 3.05) is 0 Å². The van der Waals surface area contributed by atoms with Gasteiger partial charge < -0.3 is 5.11 Å². The fourth-order valence-electron chi connectivity index (χ4n) is 2.28. The van der Waals surface area contributed by atoms with E-state index in [1.54, 1.807) is 12.4 Å². The molecule has 0 radical (unpaired) electrons. The van der Waals surface area contributed by atoms with Gasteiger partial charge in [0.15, 0.2) is 0 Å². The third-order valence-corrected chi connectivity index (χ3v) is 3.17. The molecule has 0 saturated carbocycles. The van der Waals surface area contributed by atoms with E-state index in [0.717, 1.165) is 27.7 Å². The number of aromatic nitrogens is 2. The molecule has 0 aliphatic rings. The number of fused-ring (bicyclic) bond motifs is 1. The Labute approximate surface area is 111 Å². The van der Waals surface area contributed by atoms with Crippen LogP contribution in [0.1, 0.15) is 22.9 Å². The van der Waals surface area contributed by atoms with Crippen LogP contribution in [0.4, 0.5) is 0 Å². The van der Waals surface area contributed by atoms with Crippen molar-refractivity contribution in [3.63, 3.8) is 0 Å². The van der Waals surface area contributed by atoms with Gasteiger partial charge in [-0.1, -0.05) is 24.3 Å². The van der Waals surface area contributed by atoms with Crippen LogP contribution in [0.2, 0.25) is 0 Å². The number of benzene rings is 1. The molecule has 0 bridgehead atoms. The molecule has 0 saturated heterocycles. The number of hydrogen-bond acceptors (Lipinski definition) is 3. The van der Waals surface area contributed by atoms with Gasteiger partial charge in [-0.3, -0.25) is 9.97 Å². The standard InChI is InChI=1S/C16H14N2O/c1-11-9-14(13-6-2-3-7-15(13)18-11)16(19)12-5-4-8-17-10-12/h2-10,16,19H,1H3. The van der Waals surface area contributed by atoms with E-state index in [1.165, 1.54) is 0 Å². The van der Waals surface area contributed by atoms with Gasteiger partial charge in [-0.2, -0.15) is 0 Å². The summed E-state index contributed by atoms with van der Waals surface area (Å²) in [7, 11) is 0. The molecule has 3 nitrogen and oxygen atoms in total. The molecule has 0 aliphatic carbocycles. The highest BCUT2D eigenvalue weighted by Crippen LogP contribution is 2.28. The fourth-order valence-corrected chi connectivity index (χ4v) is 2.28. The number of para-hydroxylation sites is 1. The van der Waals surface area contributed by atoms with E-state index in [-0.39, 0.29) is 0 Å². The first kappa shape index (κ1) is 11.8. The van der Waals surface area contributed by atoms with Crippen LogP contribution in [0, 0.1) is 6.92 Å². The van der Waals surface area contributed by atoms with Crippen molar-refractivity contribution in [1.29, 1.82) is 0 Å². The Hall–Kier alpha value is -2.26. The van der Waals surface area contributed by atoms with Crippen LogP contribution >= 0.6 is 0 Å². The summed E-state index contributed by atoms with van der Waals surface area (Å²) in [5.41, 5.74) is 3.46. The van der Waals surface area contributed by atoms with Crippen molar-refractivity contribution in [3.8, 4) is 0 Å². The van der Waals surface area contributed by atoms with Crippen molar-refractivity contribution in [2.45, 2.75) is 13.0 Å². The molecule has 0 spiro atoms. The van der Waals surface area contributed by atoms with Gasteiger partial charge in [0.05, 0.1) is 5.52 Å². The second-order valence-electron chi connectivity index (χ2n) is 4.56. The summed E-state index contributed by atoms with van der Waals surface area (Å²) >= 11 is 0. The molecular weight excluding hydrogens is 236 g/mol. The first-order valence-electron chi connectivity index (χ1n) is 6.20. The Balaban J connectivity index is 2.19. The number of aliphatic hydroxyl groups is 1. The molecule has 2 aromatic heterocycles. The second kappa shape index (κ2) is 4.78. The summed E-state index contributed by atoms with van der Waals surface area (Å²) < 4.78 is 0. The second-order valence-corrected chi connectivity index (χ2v) is 4.56. The Bertz CT molecular complexity index is 710. The molecule has 0 aliphatic heterocycles. The van der Waals surface area contributed by atoms with Crippen molar-refractivity contribution in [2.24, 2.45) is 0 Å². The summed E-state index contributed by atoms with van der Waals surface area (Å²) in [6.45, 7) is 1.94. The van der Waals surface area contributed by atoms with Crippen LogP contribution in [-0.2, 0) is 0 Å². The molecule has 19 heavy (non-hydrogen) atoms. The van der Waals surface area contributed by atoms with Gasteiger partial charge in [0.2, 0.25) is 0 Å². The molecular formula is C16H14N2O.